The maximum atomic E-state index is 8.89. The van der Waals surface area contributed by atoms with E-state index >= 15 is 0 Å². The van der Waals surface area contributed by atoms with E-state index in [0.29, 0.717) is 27.4 Å². The van der Waals surface area contributed by atoms with Crippen LogP contribution >= 0.6 is 0 Å². The van der Waals surface area contributed by atoms with E-state index in [1.807, 2.05) is 48.5 Å². The summed E-state index contributed by atoms with van der Waals surface area (Å²) < 4.78 is 89.0. The van der Waals surface area contributed by atoms with Crippen molar-refractivity contribution in [3.8, 4) is 44.8 Å². The molecular formula is C48H32N2. The van der Waals surface area contributed by atoms with Crippen LogP contribution in [0, 0.1) is 0 Å². The highest BCUT2D eigenvalue weighted by atomic mass is 15.0. The second kappa shape index (κ2) is 11.5. The molecule has 2 heterocycles. The first-order valence-corrected chi connectivity index (χ1v) is 16.4. The average molecular weight is 647 g/mol. The van der Waals surface area contributed by atoms with Crippen molar-refractivity contribution in [3.63, 3.8) is 0 Å². The van der Waals surface area contributed by atoms with Gasteiger partial charge in [-0.15, -0.1) is 0 Å². The molecule has 50 heavy (non-hydrogen) atoms. The van der Waals surface area contributed by atoms with Gasteiger partial charge < -0.3 is 9.13 Å². The Kier molecular flexibility index (Phi) is 4.60. The quantitative estimate of drug-likeness (QED) is 0.176. The van der Waals surface area contributed by atoms with Gasteiger partial charge in [0.2, 0.25) is 0 Å². The molecule has 0 saturated heterocycles. The number of hydrogen-bond acceptors (Lipinski definition) is 0. The highest BCUT2D eigenvalue weighted by molar-refractivity contribution is 6.13. The van der Waals surface area contributed by atoms with E-state index in [0.717, 1.165) is 49.7 Å². The second-order valence-electron chi connectivity index (χ2n) is 12.3. The van der Waals surface area contributed by atoms with Gasteiger partial charge in [-0.3, -0.25) is 0 Å². The van der Waals surface area contributed by atoms with Crippen LogP contribution in [0.25, 0.3) is 88.4 Å². The molecule has 2 aromatic heterocycles. The number of rotatable bonds is 5. The Morgan fingerprint density at radius 3 is 1.36 bits per heavy atom. The van der Waals surface area contributed by atoms with Crippen molar-refractivity contribution in [2.75, 3.05) is 0 Å². The van der Waals surface area contributed by atoms with Gasteiger partial charge in [-0.2, -0.15) is 0 Å². The van der Waals surface area contributed by atoms with Crippen molar-refractivity contribution in [3.05, 3.63) is 194 Å². The first-order chi connectivity index (χ1) is 28.9. The van der Waals surface area contributed by atoms with E-state index in [2.05, 4.69) is 71.3 Å². The summed E-state index contributed by atoms with van der Waals surface area (Å²) in [6, 6.07) is 40.2. The molecule has 0 fully saturated rings. The van der Waals surface area contributed by atoms with Crippen molar-refractivity contribution in [2.45, 2.75) is 0 Å². The van der Waals surface area contributed by atoms with Crippen LogP contribution in [0.1, 0.15) is 13.7 Å². The molecule has 234 valence electrons. The van der Waals surface area contributed by atoms with Crippen LogP contribution in [0.4, 0.5) is 0 Å². The van der Waals surface area contributed by atoms with Gasteiger partial charge in [0.15, 0.2) is 0 Å². The maximum absolute atomic E-state index is 8.89. The number of fused-ring (bicyclic) bond motifs is 6. The molecule has 2 nitrogen and oxygen atoms in total. The van der Waals surface area contributed by atoms with Gasteiger partial charge in [-0.25, -0.2) is 0 Å². The maximum Gasteiger partial charge on any atom is 0.0645 e. The summed E-state index contributed by atoms with van der Waals surface area (Å²) in [4.78, 5) is 0. The molecule has 0 spiro atoms. The molecule has 10 rings (SSSR count). The van der Waals surface area contributed by atoms with E-state index in [1.165, 1.54) is 0 Å². The fourth-order valence-corrected chi connectivity index (χ4v) is 7.21. The predicted molar refractivity (Wildman–Crippen MR) is 211 cm³/mol. The molecule has 0 N–H and O–H groups in total. The number of aromatic nitrogens is 2. The minimum Gasteiger partial charge on any atom is -0.309 e. The zero-order chi connectivity index (χ0) is 41.7. The molecule has 0 saturated carbocycles. The number of nitrogens with zero attached hydrogens (tertiary/aromatic N) is 2. The van der Waals surface area contributed by atoms with E-state index in [9.17, 15) is 0 Å². The fourth-order valence-electron chi connectivity index (χ4n) is 7.21. The molecule has 0 bridgehead atoms. The predicted octanol–water partition coefficient (Wildman–Crippen LogP) is 12.9. The Morgan fingerprint density at radius 1 is 0.300 bits per heavy atom. The molecular weight excluding hydrogens is 605 g/mol. The van der Waals surface area contributed by atoms with Crippen LogP contribution in [0.3, 0.4) is 0 Å². The summed E-state index contributed by atoms with van der Waals surface area (Å²) in [6.07, 6.45) is 0. The molecule has 0 radical (unpaired) electrons. The zero-order valence-corrected chi connectivity index (χ0v) is 26.6. The summed E-state index contributed by atoms with van der Waals surface area (Å²) in [5.74, 6) is 0. The first-order valence-electron chi connectivity index (χ1n) is 21.4. The van der Waals surface area contributed by atoms with Gasteiger partial charge >= 0.3 is 0 Å². The van der Waals surface area contributed by atoms with Crippen LogP contribution < -0.4 is 0 Å². The van der Waals surface area contributed by atoms with Gasteiger partial charge in [0.1, 0.15) is 0 Å². The topological polar surface area (TPSA) is 9.86 Å². The Balaban J connectivity index is 1.19. The van der Waals surface area contributed by atoms with Gasteiger partial charge in [0.25, 0.3) is 0 Å². The molecule has 0 aliphatic heterocycles. The second-order valence-corrected chi connectivity index (χ2v) is 12.3. The zero-order valence-electron chi connectivity index (χ0n) is 36.6. The highest BCUT2D eigenvalue weighted by Gasteiger charge is 2.17. The van der Waals surface area contributed by atoms with Gasteiger partial charge in [-0.05, 0) is 100 Å². The third-order valence-electron chi connectivity index (χ3n) is 9.50. The summed E-state index contributed by atoms with van der Waals surface area (Å²) in [5, 5.41) is 3.44. The molecule has 0 atom stereocenters. The lowest BCUT2D eigenvalue weighted by Gasteiger charge is -2.10. The Bertz CT molecular complexity index is 3370. The summed E-state index contributed by atoms with van der Waals surface area (Å²) in [5.41, 5.74) is 8.70. The van der Waals surface area contributed by atoms with Crippen LogP contribution in [-0.4, -0.2) is 9.13 Å². The number of hydrogen-bond donors (Lipinski definition) is 0. The minimum atomic E-state index is -0.499. The summed E-state index contributed by atoms with van der Waals surface area (Å²) in [7, 11) is 0. The minimum absolute atomic E-state index is 0.0182. The molecule has 0 unspecified atom stereocenters. The smallest absolute Gasteiger partial charge is 0.0645 e. The standard InChI is InChI=1S/C48H32N2/c1-4-12-33(13-5-1)35-20-25-40(26-21-35)50-45-19-11-10-18-41(45)42-31-37(23-28-46(42)50)38-24-29-48-44(32-38)43-30-36(34-14-6-2-7-15-34)22-27-47(43)49(48)39-16-8-3-9-17-39/h1-32H/i2D,3D,6D,7D,8D,9D,14D,15D,16D,17D. The average Bonchev–Trinajstić information content (AvgIpc) is 3.78. The fraction of sp³-hybridized carbons (Fsp3) is 0. The Hall–Kier alpha value is -6.64. The molecule has 0 aliphatic rings. The SMILES string of the molecule is [2H]c1c([2H])c([2H])c(-c2ccc3c(c2)c2cc(-c4ccc5c(c4)c4ccccc4n5-c4ccc(-c5ccccc5)cc4)ccc2n3-c2c([2H])c([2H])c([2H])c([2H])c2[2H])c([2H])c1[2H]. The third-order valence-corrected chi connectivity index (χ3v) is 9.50. The van der Waals surface area contributed by atoms with Crippen molar-refractivity contribution >= 4 is 43.6 Å². The highest BCUT2D eigenvalue weighted by Crippen LogP contribution is 2.39. The van der Waals surface area contributed by atoms with Gasteiger partial charge in [0.05, 0.1) is 35.8 Å². The van der Waals surface area contributed by atoms with Crippen LogP contribution in [0.5, 0.6) is 0 Å². The number of para-hydroxylation sites is 2. The van der Waals surface area contributed by atoms with E-state index in [1.54, 1.807) is 22.8 Å². The molecule has 2 heteroatoms. The van der Waals surface area contributed by atoms with Crippen LogP contribution in [0.2, 0.25) is 0 Å². The largest absolute Gasteiger partial charge is 0.309 e. The third kappa shape index (κ3) is 4.57. The molecule has 10 aromatic rings. The lowest BCUT2D eigenvalue weighted by atomic mass is 9.99. The van der Waals surface area contributed by atoms with E-state index < -0.39 is 36.3 Å². The van der Waals surface area contributed by atoms with Gasteiger partial charge in [-0.1, -0.05) is 127 Å². The van der Waals surface area contributed by atoms with E-state index in [4.69, 9.17) is 13.7 Å². The van der Waals surface area contributed by atoms with E-state index in [-0.39, 0.29) is 35.4 Å². The molecule has 0 amide bonds. The monoisotopic (exact) mass is 646 g/mol. The van der Waals surface area contributed by atoms with Crippen molar-refractivity contribution in [1.29, 1.82) is 0 Å². The molecule has 8 aromatic carbocycles. The normalized spacial score (nSPS) is 14.4. The number of benzene rings is 8. The van der Waals surface area contributed by atoms with Crippen molar-refractivity contribution < 1.29 is 13.7 Å². The summed E-state index contributed by atoms with van der Waals surface area (Å²) >= 11 is 0. The summed E-state index contributed by atoms with van der Waals surface area (Å²) in [6.45, 7) is 0. The Labute approximate surface area is 304 Å². The first kappa shape index (κ1) is 20.0. The van der Waals surface area contributed by atoms with Crippen molar-refractivity contribution in [2.24, 2.45) is 0 Å². The van der Waals surface area contributed by atoms with Crippen LogP contribution in [-0.2, 0) is 0 Å². The van der Waals surface area contributed by atoms with Crippen LogP contribution in [0.15, 0.2) is 194 Å². The van der Waals surface area contributed by atoms with Gasteiger partial charge in [0, 0.05) is 32.9 Å². The van der Waals surface area contributed by atoms with Crippen molar-refractivity contribution in [1.82, 2.24) is 9.13 Å². The lowest BCUT2D eigenvalue weighted by Crippen LogP contribution is -1.94. The Morgan fingerprint density at radius 2 is 0.740 bits per heavy atom. The molecule has 0 aliphatic carbocycles. The lowest BCUT2D eigenvalue weighted by molar-refractivity contribution is 1.18.